The van der Waals surface area contributed by atoms with Crippen LogP contribution in [-0.4, -0.2) is 13.7 Å². The molecule has 8 aromatic carbocycles. The van der Waals surface area contributed by atoms with Crippen molar-refractivity contribution in [1.29, 1.82) is 0 Å². The Bertz CT molecular complexity index is 3740. The van der Waals surface area contributed by atoms with Gasteiger partial charge in [-0.25, -0.2) is 0 Å². The van der Waals surface area contributed by atoms with Gasteiger partial charge in [-0.05, 0) is 78.2 Å². The zero-order chi connectivity index (χ0) is 43.0. The molecule has 0 bridgehead atoms. The highest BCUT2D eigenvalue weighted by atomic mass is 15.0. The van der Waals surface area contributed by atoms with Crippen molar-refractivity contribution in [2.75, 3.05) is 0 Å². The third kappa shape index (κ3) is 4.00. The number of hydrogen-bond donors (Lipinski definition) is 0. The fourth-order valence-corrected chi connectivity index (χ4v) is 7.83. The van der Waals surface area contributed by atoms with Gasteiger partial charge in [0.05, 0.1) is 53.9 Å². The lowest BCUT2D eigenvalue weighted by Crippen LogP contribution is -1.97. The zero-order valence-corrected chi connectivity index (χ0v) is 26.9. The normalized spacial score (nSPS) is 14.9. The average molecular weight is 661 g/mol. The van der Waals surface area contributed by atoms with Crippen LogP contribution in [0.2, 0.25) is 0 Å². The highest BCUT2D eigenvalue weighted by molar-refractivity contribution is 6.29. The molecule has 0 N–H and O–H groups in total. The van der Waals surface area contributed by atoms with Crippen LogP contribution in [-0.2, 0) is 0 Å². The smallest absolute Gasteiger partial charge is 0.0646 e. The lowest BCUT2D eigenvalue weighted by atomic mass is 10.0. The molecular formula is C48H31N3. The van der Waals surface area contributed by atoms with Gasteiger partial charge in [0.25, 0.3) is 0 Å². The van der Waals surface area contributed by atoms with Crippen molar-refractivity contribution in [3.8, 4) is 28.2 Å². The first-order valence-corrected chi connectivity index (χ1v) is 16.6. The molecule has 0 atom stereocenters. The van der Waals surface area contributed by atoms with Crippen molar-refractivity contribution in [2.24, 2.45) is 0 Å². The molecule has 0 aliphatic heterocycles. The van der Waals surface area contributed by atoms with Crippen LogP contribution >= 0.6 is 0 Å². The topological polar surface area (TPSA) is 14.8 Å². The molecule has 0 amide bonds. The predicted molar refractivity (Wildman–Crippen MR) is 215 cm³/mol. The van der Waals surface area contributed by atoms with Gasteiger partial charge in [-0.2, -0.15) is 0 Å². The molecule has 0 aliphatic rings. The standard InChI is InChI=1S/C48H31N3/c1-3-15-33(16-4-1)49-41-24-12-8-20-36(41)39-31-32(27-28-44(39)49)35-19-7-11-23-40(35)51-43-26-14-10-22-38(43)48-46(51)30-29-45-47(48)37-21-9-13-25-42(37)50(45)34-17-5-2-6-18-34/h1-31H/i2D,5D,6D,9D,13D,17D,18D,21D,25D,29D,30D. The Kier molecular flexibility index (Phi) is 4.11. The fourth-order valence-electron chi connectivity index (χ4n) is 7.83. The summed E-state index contributed by atoms with van der Waals surface area (Å²) < 4.78 is 104. The molecule has 0 aliphatic carbocycles. The van der Waals surface area contributed by atoms with Crippen LogP contribution < -0.4 is 0 Å². The Morgan fingerprint density at radius 3 is 1.80 bits per heavy atom. The molecule has 0 unspecified atom stereocenters. The zero-order valence-electron chi connectivity index (χ0n) is 37.9. The second-order valence-corrected chi connectivity index (χ2v) is 12.5. The van der Waals surface area contributed by atoms with E-state index in [1.54, 1.807) is 0 Å². The summed E-state index contributed by atoms with van der Waals surface area (Å²) in [5.41, 5.74) is 5.94. The quantitative estimate of drug-likeness (QED) is 0.178. The highest BCUT2D eigenvalue weighted by Crippen LogP contribution is 2.44. The van der Waals surface area contributed by atoms with Gasteiger partial charge in [0, 0.05) is 49.3 Å². The monoisotopic (exact) mass is 660 g/mol. The van der Waals surface area contributed by atoms with Crippen molar-refractivity contribution in [2.45, 2.75) is 0 Å². The Morgan fingerprint density at radius 2 is 0.961 bits per heavy atom. The summed E-state index contributed by atoms with van der Waals surface area (Å²) in [6, 6.07) is 34.3. The molecule has 11 rings (SSSR count). The summed E-state index contributed by atoms with van der Waals surface area (Å²) in [6.07, 6.45) is 0. The number of nitrogens with zero attached hydrogens (tertiary/aromatic N) is 3. The molecule has 0 saturated carbocycles. The van der Waals surface area contributed by atoms with Crippen LogP contribution in [0.15, 0.2) is 188 Å². The molecule has 0 spiro atoms. The molecule has 3 heterocycles. The Morgan fingerprint density at radius 1 is 0.353 bits per heavy atom. The predicted octanol–water partition coefficient (Wildman–Crippen LogP) is 12.6. The van der Waals surface area contributed by atoms with Crippen LogP contribution in [0.25, 0.3) is 93.6 Å². The summed E-state index contributed by atoms with van der Waals surface area (Å²) in [7, 11) is 0. The second kappa shape index (κ2) is 10.8. The summed E-state index contributed by atoms with van der Waals surface area (Å²) >= 11 is 0. The largest absolute Gasteiger partial charge is 0.309 e. The van der Waals surface area contributed by atoms with Crippen molar-refractivity contribution < 1.29 is 15.1 Å². The maximum atomic E-state index is 9.81. The van der Waals surface area contributed by atoms with E-state index in [2.05, 4.69) is 47.0 Å². The molecule has 3 aromatic heterocycles. The fraction of sp³-hybridized carbons (Fsp3) is 0. The molecule has 3 nitrogen and oxygen atoms in total. The Hall–Kier alpha value is -6.84. The van der Waals surface area contributed by atoms with Crippen molar-refractivity contribution in [1.82, 2.24) is 13.7 Å². The van der Waals surface area contributed by atoms with Gasteiger partial charge in [0.2, 0.25) is 0 Å². The molecule has 0 saturated heterocycles. The van der Waals surface area contributed by atoms with Gasteiger partial charge in [-0.1, -0.05) is 115 Å². The maximum Gasteiger partial charge on any atom is 0.0646 e. The van der Waals surface area contributed by atoms with Gasteiger partial charge in [0.15, 0.2) is 0 Å². The minimum atomic E-state index is -0.647. The van der Waals surface area contributed by atoms with E-state index in [4.69, 9.17) is 9.60 Å². The third-order valence-electron chi connectivity index (χ3n) is 9.88. The van der Waals surface area contributed by atoms with Crippen LogP contribution in [0, 0.1) is 0 Å². The van der Waals surface area contributed by atoms with E-state index in [0.29, 0.717) is 27.5 Å². The van der Waals surface area contributed by atoms with E-state index in [0.717, 1.165) is 38.6 Å². The van der Waals surface area contributed by atoms with Crippen molar-refractivity contribution in [3.05, 3.63) is 188 Å². The molecule has 51 heavy (non-hydrogen) atoms. The molecule has 11 aromatic rings. The summed E-state index contributed by atoms with van der Waals surface area (Å²) in [4.78, 5) is 0. The lowest BCUT2D eigenvalue weighted by molar-refractivity contribution is 1.17. The van der Waals surface area contributed by atoms with Crippen LogP contribution in [0.4, 0.5) is 0 Å². The average Bonchev–Trinajstić information content (AvgIpc) is 3.94. The third-order valence-corrected chi connectivity index (χ3v) is 9.88. The van der Waals surface area contributed by atoms with E-state index in [9.17, 15) is 5.48 Å². The van der Waals surface area contributed by atoms with E-state index in [-0.39, 0.29) is 39.6 Å². The van der Waals surface area contributed by atoms with Crippen LogP contribution in [0.1, 0.15) is 15.1 Å². The Balaban J connectivity index is 1.28. The van der Waals surface area contributed by atoms with Crippen LogP contribution in [0.3, 0.4) is 0 Å². The number of aromatic nitrogens is 3. The van der Waals surface area contributed by atoms with Crippen molar-refractivity contribution >= 4 is 65.4 Å². The molecule has 3 heteroatoms. The van der Waals surface area contributed by atoms with Gasteiger partial charge in [-0.3, -0.25) is 0 Å². The van der Waals surface area contributed by atoms with E-state index < -0.39 is 54.4 Å². The molecule has 238 valence electrons. The van der Waals surface area contributed by atoms with Gasteiger partial charge in [-0.15, -0.1) is 0 Å². The maximum absolute atomic E-state index is 9.81. The first-order chi connectivity index (χ1) is 29.9. The van der Waals surface area contributed by atoms with E-state index in [1.807, 2.05) is 83.4 Å². The summed E-state index contributed by atoms with van der Waals surface area (Å²) in [5, 5.41) is 3.39. The van der Waals surface area contributed by atoms with E-state index in [1.165, 1.54) is 4.57 Å². The number of para-hydroxylation sites is 6. The first kappa shape index (κ1) is 19.4. The lowest BCUT2D eigenvalue weighted by Gasteiger charge is -2.15. The Labute approximate surface area is 309 Å². The summed E-state index contributed by atoms with van der Waals surface area (Å²) in [5.74, 6) is 0. The SMILES string of the molecule is [2H]c1c([2H])c([2H])c(-n2c3c([2H])c([2H])c([2H])c([2H])c3c3c4c5ccccc5n(-c5ccccc5-c5ccc6c(c5)c5ccccc5n6-c5ccccc5)c4c([2H])c([2H])c32)c([2H])c1[2H]. The number of benzene rings is 8. The highest BCUT2D eigenvalue weighted by Gasteiger charge is 2.22. The van der Waals surface area contributed by atoms with Gasteiger partial charge in [0.1, 0.15) is 0 Å². The van der Waals surface area contributed by atoms with Gasteiger partial charge < -0.3 is 13.7 Å². The van der Waals surface area contributed by atoms with Gasteiger partial charge >= 0.3 is 0 Å². The molecule has 0 fully saturated rings. The summed E-state index contributed by atoms with van der Waals surface area (Å²) in [6.45, 7) is 0. The van der Waals surface area contributed by atoms with Crippen LogP contribution in [0.5, 0.6) is 0 Å². The van der Waals surface area contributed by atoms with Crippen molar-refractivity contribution in [3.63, 3.8) is 0 Å². The number of hydrogen-bond acceptors (Lipinski definition) is 0. The number of rotatable bonds is 4. The minimum absolute atomic E-state index is 0.00718. The molecular weight excluding hydrogens is 619 g/mol. The second-order valence-electron chi connectivity index (χ2n) is 12.5. The minimum Gasteiger partial charge on any atom is -0.309 e. The van der Waals surface area contributed by atoms with E-state index >= 15 is 0 Å². The first-order valence-electron chi connectivity index (χ1n) is 22.1. The number of fused-ring (bicyclic) bond motifs is 10. The molecule has 0 radical (unpaired) electrons.